The Hall–Kier alpha value is -6.16. The number of nitrogens with one attached hydrogen (secondary N) is 3. The molecule has 0 saturated carbocycles. The van der Waals surface area contributed by atoms with E-state index in [-0.39, 0.29) is 57.0 Å². The van der Waals surface area contributed by atoms with Crippen molar-refractivity contribution >= 4 is 59.1 Å². The number of likely N-dealkylation sites (N-methyl/N-ethyl adjacent to an activating group) is 2. The maximum Gasteiger partial charge on any atom is 0.329 e. The van der Waals surface area contributed by atoms with Gasteiger partial charge in [-0.05, 0) is 101 Å². The number of hydrogen-bond donors (Lipinski definition) is 5. The number of carbonyl (C=O) groups is 10. The quantitative estimate of drug-likeness (QED) is 0.124. The standard InChI is InChI=1S/C57H89N7O15/c1-15-33(8)46-44(66)29-45(67)79-49(32(6)7)48(68)34(9)50(69)58-39(26-30(2)3)54(73)64-25-17-19-41(64)56(75)62(13)43(28-37-20-22-38(77-14)23-21-37)57(76)78-36(11)47(52(71)59-46)60-51(70)42(27-31(4)5)61(12)55(74)40-18-16-24-63(40)53(72)35(10)65/h20-23,30-36,39-44,46-47,49,65-66H,15-19,24-29H2,1-14H3,(H,58,69)(H,59,71)(H,60,70)/t33-,34-,35-,36+,39-,40+,41-,42+,43-,44-,46-,47-,49-/m0/s1. The molecule has 13 atom stereocenters. The maximum atomic E-state index is 15.0. The van der Waals surface area contributed by atoms with Crippen LogP contribution in [0, 0.1) is 29.6 Å². The minimum Gasteiger partial charge on any atom is -0.497 e. The maximum absolute atomic E-state index is 15.0. The molecule has 3 aliphatic heterocycles. The number of methoxy groups -OCH3 is 1. The van der Waals surface area contributed by atoms with Crippen LogP contribution in [0.2, 0.25) is 0 Å². The molecule has 0 bridgehead atoms. The third-order valence-corrected chi connectivity index (χ3v) is 15.5. The van der Waals surface area contributed by atoms with Crippen LogP contribution in [0.15, 0.2) is 24.3 Å². The number of aliphatic hydroxyl groups excluding tert-OH is 2. The van der Waals surface area contributed by atoms with Crippen molar-refractivity contribution in [1.82, 2.24) is 35.6 Å². The minimum absolute atomic E-state index is 0.0720. The lowest BCUT2D eigenvalue weighted by atomic mass is 9.91. The number of ether oxygens (including phenoxy) is 3. The van der Waals surface area contributed by atoms with E-state index < -0.39 is 150 Å². The van der Waals surface area contributed by atoms with E-state index in [4.69, 9.17) is 14.2 Å². The molecule has 7 amide bonds. The number of nitrogens with zero attached hydrogens (tertiary/aromatic N) is 4. The number of esters is 2. The van der Waals surface area contributed by atoms with Crippen LogP contribution in [0.1, 0.15) is 133 Å². The average Bonchev–Trinajstić information content (AvgIpc) is 4.13. The second-order valence-corrected chi connectivity index (χ2v) is 23.0. The molecule has 3 aliphatic rings. The van der Waals surface area contributed by atoms with Crippen molar-refractivity contribution in [2.45, 2.75) is 201 Å². The molecule has 442 valence electrons. The Balaban J connectivity index is 1.89. The zero-order valence-electron chi connectivity index (χ0n) is 48.8. The summed E-state index contributed by atoms with van der Waals surface area (Å²) in [7, 11) is 4.29. The van der Waals surface area contributed by atoms with Gasteiger partial charge in [0.2, 0.25) is 35.4 Å². The molecule has 4 rings (SSSR count). The first-order valence-corrected chi connectivity index (χ1v) is 28.0. The lowest BCUT2D eigenvalue weighted by Crippen LogP contribution is -2.62. The molecule has 3 saturated heterocycles. The van der Waals surface area contributed by atoms with Crippen molar-refractivity contribution in [3.05, 3.63) is 29.8 Å². The number of rotatable bonds is 15. The number of cyclic esters (lactones) is 2. The Morgan fingerprint density at radius 2 is 1.49 bits per heavy atom. The van der Waals surface area contributed by atoms with Crippen molar-refractivity contribution in [2.24, 2.45) is 29.6 Å². The Labute approximate surface area is 465 Å². The van der Waals surface area contributed by atoms with Gasteiger partial charge in [-0.15, -0.1) is 0 Å². The van der Waals surface area contributed by atoms with Gasteiger partial charge in [0, 0.05) is 33.6 Å². The summed E-state index contributed by atoms with van der Waals surface area (Å²) >= 11 is 0. The molecule has 1 aromatic rings. The molecule has 3 heterocycles. The Bertz CT molecular complexity index is 2330. The van der Waals surface area contributed by atoms with Crippen LogP contribution in [-0.2, 0) is 63.8 Å². The monoisotopic (exact) mass is 1110 g/mol. The van der Waals surface area contributed by atoms with Crippen LogP contribution < -0.4 is 20.7 Å². The molecule has 0 radical (unpaired) electrons. The highest BCUT2D eigenvalue weighted by atomic mass is 16.6. The summed E-state index contributed by atoms with van der Waals surface area (Å²) in [5.41, 5.74) is 0.571. The molecule has 5 N–H and O–H groups in total. The molecule has 0 aliphatic carbocycles. The van der Waals surface area contributed by atoms with E-state index in [1.807, 2.05) is 27.7 Å². The first-order valence-electron chi connectivity index (χ1n) is 28.0. The van der Waals surface area contributed by atoms with Gasteiger partial charge in [0.05, 0.1) is 31.6 Å². The van der Waals surface area contributed by atoms with Gasteiger partial charge in [0.25, 0.3) is 5.91 Å². The van der Waals surface area contributed by atoms with Crippen LogP contribution in [0.25, 0.3) is 0 Å². The van der Waals surface area contributed by atoms with Crippen molar-refractivity contribution in [3.63, 3.8) is 0 Å². The van der Waals surface area contributed by atoms with Crippen LogP contribution in [0.5, 0.6) is 5.75 Å². The fourth-order valence-corrected chi connectivity index (χ4v) is 10.5. The second-order valence-electron chi connectivity index (χ2n) is 23.0. The normalized spacial score (nSPS) is 27.7. The summed E-state index contributed by atoms with van der Waals surface area (Å²) in [5, 5.41) is 30.2. The zero-order chi connectivity index (χ0) is 59.3. The SMILES string of the molecule is CC[C@H](C)[C@@H]1NC(=O)[C@@H](NC(=O)[C@@H](CC(C)C)N(C)C(=O)[C@H]2CCCN2C(=O)[C@H](C)O)[C@@H](C)OC(=O)[C@H](Cc2ccc(OC)cc2)N(C)C(=O)[C@@H]2CCCN2C(=O)[C@H](CC(C)C)NC(=O)[C@@H](C)C(=O)[C@H](C(C)C)OC(=O)C[C@@H]1O. The van der Waals surface area contributed by atoms with E-state index in [1.54, 1.807) is 52.0 Å². The highest BCUT2D eigenvalue weighted by molar-refractivity contribution is 6.05. The van der Waals surface area contributed by atoms with E-state index in [9.17, 15) is 53.4 Å². The summed E-state index contributed by atoms with van der Waals surface area (Å²) in [6, 6.07) is -2.19. The van der Waals surface area contributed by atoms with Crippen molar-refractivity contribution < 1.29 is 72.4 Å². The third kappa shape index (κ3) is 16.9. The summed E-state index contributed by atoms with van der Waals surface area (Å²) in [5.74, 6) is -10.3. The van der Waals surface area contributed by atoms with Gasteiger partial charge in [-0.2, -0.15) is 0 Å². The molecule has 22 heteroatoms. The van der Waals surface area contributed by atoms with Gasteiger partial charge in [0.1, 0.15) is 54.2 Å². The predicted molar refractivity (Wildman–Crippen MR) is 290 cm³/mol. The number of amides is 7. The minimum atomic E-state index is -1.76. The third-order valence-electron chi connectivity index (χ3n) is 15.5. The van der Waals surface area contributed by atoms with Crippen molar-refractivity contribution in [2.75, 3.05) is 34.3 Å². The smallest absolute Gasteiger partial charge is 0.329 e. The summed E-state index contributed by atoms with van der Waals surface area (Å²) in [6.07, 6.45) is -4.99. The van der Waals surface area contributed by atoms with E-state index >= 15 is 4.79 Å². The van der Waals surface area contributed by atoms with E-state index in [1.165, 1.54) is 61.6 Å². The average molecular weight is 1110 g/mol. The fraction of sp³-hybridized carbons (Fsp3) is 0.719. The number of aliphatic hydroxyl groups is 2. The van der Waals surface area contributed by atoms with Crippen LogP contribution in [0.3, 0.4) is 0 Å². The molecule has 0 aromatic heterocycles. The lowest BCUT2D eigenvalue weighted by Gasteiger charge is -2.36. The molecule has 79 heavy (non-hydrogen) atoms. The van der Waals surface area contributed by atoms with Gasteiger partial charge < -0.3 is 60.0 Å². The number of carbonyl (C=O) groups excluding carboxylic acids is 10. The van der Waals surface area contributed by atoms with Crippen molar-refractivity contribution in [1.29, 1.82) is 0 Å². The molecule has 22 nitrogen and oxygen atoms in total. The first kappa shape index (κ1) is 65.4. The molecular weight excluding hydrogens is 1020 g/mol. The molecule has 3 fully saturated rings. The Morgan fingerprint density at radius 3 is 2.06 bits per heavy atom. The van der Waals surface area contributed by atoms with E-state index in [0.29, 0.717) is 30.6 Å². The van der Waals surface area contributed by atoms with E-state index in [2.05, 4.69) is 16.0 Å². The number of benzene rings is 1. The highest BCUT2D eigenvalue weighted by Crippen LogP contribution is 2.27. The lowest BCUT2D eigenvalue weighted by molar-refractivity contribution is -0.163. The van der Waals surface area contributed by atoms with E-state index in [0.717, 1.165) is 0 Å². The van der Waals surface area contributed by atoms with Gasteiger partial charge in [0.15, 0.2) is 11.9 Å². The van der Waals surface area contributed by atoms with Crippen molar-refractivity contribution in [3.8, 4) is 5.75 Å². The number of Topliss-reactive ketones (excluding diaryl/α,β-unsaturated/α-hetero) is 1. The van der Waals surface area contributed by atoms with Gasteiger partial charge in [-0.3, -0.25) is 43.2 Å². The fourth-order valence-electron chi connectivity index (χ4n) is 10.5. The van der Waals surface area contributed by atoms with Crippen LogP contribution in [-0.4, -0.2) is 190 Å². The number of likely N-dealkylation sites (tertiary alicyclic amines) is 1. The molecular formula is C57H89N7O15. The molecule has 0 unspecified atom stereocenters. The summed E-state index contributed by atoms with van der Waals surface area (Å²) in [6.45, 7) is 18.4. The van der Waals surface area contributed by atoms with Crippen LogP contribution >= 0.6 is 0 Å². The van der Waals surface area contributed by atoms with Gasteiger partial charge in [-0.25, -0.2) is 4.79 Å². The number of fused-ring (bicyclic) bond motifs is 1. The topological polar surface area (TPSA) is 288 Å². The Morgan fingerprint density at radius 1 is 0.861 bits per heavy atom. The zero-order valence-corrected chi connectivity index (χ0v) is 48.8. The van der Waals surface area contributed by atoms with Gasteiger partial charge in [-0.1, -0.05) is 73.9 Å². The van der Waals surface area contributed by atoms with Gasteiger partial charge >= 0.3 is 11.9 Å². The number of ketones is 1. The number of hydrogen-bond acceptors (Lipinski definition) is 15. The van der Waals surface area contributed by atoms with Crippen LogP contribution in [0.4, 0.5) is 0 Å². The largest absolute Gasteiger partial charge is 0.497 e. The highest BCUT2D eigenvalue weighted by Gasteiger charge is 2.46. The Kier molecular flexibility index (Phi) is 24.3. The molecule has 1 aromatic carbocycles. The predicted octanol–water partition coefficient (Wildman–Crippen LogP) is 2.32. The summed E-state index contributed by atoms with van der Waals surface area (Å²) < 4.78 is 17.2. The summed E-state index contributed by atoms with van der Waals surface area (Å²) in [4.78, 5) is 149. The molecule has 0 spiro atoms. The second kappa shape index (κ2) is 29.3. The first-order chi connectivity index (χ1) is 37.0.